The van der Waals surface area contributed by atoms with Gasteiger partial charge in [0.1, 0.15) is 0 Å². The third-order valence-corrected chi connectivity index (χ3v) is 3.10. The lowest BCUT2D eigenvalue weighted by atomic mass is 10.0. The summed E-state index contributed by atoms with van der Waals surface area (Å²) >= 11 is 0. The summed E-state index contributed by atoms with van der Waals surface area (Å²) < 4.78 is 10.5. The van der Waals surface area contributed by atoms with Crippen molar-refractivity contribution < 1.29 is 14.3 Å². The Kier molecular flexibility index (Phi) is 5.01. The van der Waals surface area contributed by atoms with Gasteiger partial charge < -0.3 is 14.4 Å². The average Bonchev–Trinajstić information content (AvgIpc) is 2.36. The van der Waals surface area contributed by atoms with E-state index in [1.807, 2.05) is 19.1 Å². The van der Waals surface area contributed by atoms with E-state index in [-0.39, 0.29) is 5.91 Å². The summed E-state index contributed by atoms with van der Waals surface area (Å²) in [7, 11) is 5.05. The fraction of sp³-hybridized carbons (Fsp3) is 0.500. The summed E-state index contributed by atoms with van der Waals surface area (Å²) in [4.78, 5) is 12.9. The van der Waals surface area contributed by atoms with Crippen molar-refractivity contribution in [1.82, 2.24) is 4.90 Å². The summed E-state index contributed by atoms with van der Waals surface area (Å²) in [5.41, 5.74) is 2.31. The van der Waals surface area contributed by atoms with Crippen molar-refractivity contribution in [2.75, 3.05) is 27.8 Å². The number of carbonyl (C=O) groups is 1. The van der Waals surface area contributed by atoms with Gasteiger partial charge >= 0.3 is 0 Å². The second-order valence-electron chi connectivity index (χ2n) is 4.32. The van der Waals surface area contributed by atoms with Crippen molar-refractivity contribution in [3.63, 3.8) is 0 Å². The normalized spacial score (nSPS) is 10.1. The van der Waals surface area contributed by atoms with Gasteiger partial charge in [-0.3, -0.25) is 4.79 Å². The van der Waals surface area contributed by atoms with Gasteiger partial charge in [-0.25, -0.2) is 0 Å². The van der Waals surface area contributed by atoms with Crippen LogP contribution in [0.15, 0.2) is 12.1 Å². The Morgan fingerprint density at radius 2 is 1.78 bits per heavy atom. The molecule has 0 saturated heterocycles. The average molecular weight is 251 g/mol. The third-order valence-electron chi connectivity index (χ3n) is 3.10. The Balaban J connectivity index is 2.86. The van der Waals surface area contributed by atoms with Gasteiger partial charge in [0.25, 0.3) is 0 Å². The molecule has 0 fully saturated rings. The van der Waals surface area contributed by atoms with Crippen molar-refractivity contribution in [2.24, 2.45) is 0 Å². The van der Waals surface area contributed by atoms with E-state index in [0.717, 1.165) is 23.5 Å². The fourth-order valence-corrected chi connectivity index (χ4v) is 1.74. The minimum absolute atomic E-state index is 0.0770. The Hall–Kier alpha value is -1.71. The van der Waals surface area contributed by atoms with Gasteiger partial charge in [-0.15, -0.1) is 0 Å². The molecule has 18 heavy (non-hydrogen) atoms. The zero-order valence-electron chi connectivity index (χ0n) is 11.7. The van der Waals surface area contributed by atoms with Crippen LogP contribution < -0.4 is 9.47 Å². The van der Waals surface area contributed by atoms with Crippen molar-refractivity contribution in [3.05, 3.63) is 23.3 Å². The molecule has 0 aliphatic heterocycles. The molecular formula is C14H21NO3. The van der Waals surface area contributed by atoms with E-state index in [1.54, 1.807) is 33.1 Å². The van der Waals surface area contributed by atoms with E-state index in [1.165, 1.54) is 5.56 Å². The van der Waals surface area contributed by atoms with Gasteiger partial charge in [0.05, 0.1) is 14.2 Å². The summed E-state index contributed by atoms with van der Waals surface area (Å²) in [6.07, 6.45) is 0.808. The van der Waals surface area contributed by atoms with Crippen molar-refractivity contribution in [2.45, 2.75) is 20.3 Å². The van der Waals surface area contributed by atoms with Crippen LogP contribution in [-0.2, 0) is 11.2 Å². The summed E-state index contributed by atoms with van der Waals surface area (Å²) in [6, 6.07) is 3.93. The molecule has 0 aliphatic rings. The summed E-state index contributed by atoms with van der Waals surface area (Å²) in [6.45, 7) is 4.30. The van der Waals surface area contributed by atoms with Crippen LogP contribution in [-0.4, -0.2) is 38.6 Å². The quantitative estimate of drug-likeness (QED) is 0.803. The van der Waals surface area contributed by atoms with Gasteiger partial charge in [0, 0.05) is 20.5 Å². The molecular weight excluding hydrogens is 230 g/mol. The number of carbonyl (C=O) groups excluding carboxylic acids is 1. The number of hydrogen-bond donors (Lipinski definition) is 0. The first-order chi connectivity index (χ1) is 8.49. The van der Waals surface area contributed by atoms with Crippen LogP contribution in [0.4, 0.5) is 0 Å². The standard InChI is InChI=1S/C14H21NO3/c1-10-8-13(17-4)14(18-5)9-12(10)6-7-15(3)11(2)16/h8-9H,6-7H2,1-5H3. The third kappa shape index (κ3) is 3.39. The van der Waals surface area contributed by atoms with Crippen LogP contribution in [0.1, 0.15) is 18.1 Å². The number of nitrogens with zero attached hydrogens (tertiary/aromatic N) is 1. The number of benzene rings is 1. The molecule has 0 unspecified atom stereocenters. The van der Waals surface area contributed by atoms with Crippen LogP contribution in [0.5, 0.6) is 11.5 Å². The second-order valence-corrected chi connectivity index (χ2v) is 4.32. The lowest BCUT2D eigenvalue weighted by Gasteiger charge is -2.17. The van der Waals surface area contributed by atoms with Crippen molar-refractivity contribution >= 4 is 5.91 Å². The number of rotatable bonds is 5. The molecule has 0 aliphatic carbocycles. The molecule has 0 atom stereocenters. The van der Waals surface area contributed by atoms with E-state index in [0.29, 0.717) is 6.54 Å². The van der Waals surface area contributed by atoms with Crippen LogP contribution in [0.2, 0.25) is 0 Å². The molecule has 4 nitrogen and oxygen atoms in total. The SMILES string of the molecule is COc1cc(C)c(CCN(C)C(C)=O)cc1OC. The second kappa shape index (κ2) is 6.28. The first kappa shape index (κ1) is 14.4. The van der Waals surface area contributed by atoms with E-state index in [9.17, 15) is 4.79 Å². The fourth-order valence-electron chi connectivity index (χ4n) is 1.74. The molecule has 1 rings (SSSR count). The molecule has 100 valence electrons. The molecule has 1 aromatic carbocycles. The highest BCUT2D eigenvalue weighted by atomic mass is 16.5. The molecule has 0 radical (unpaired) electrons. The van der Waals surface area contributed by atoms with Gasteiger partial charge in [-0.05, 0) is 36.6 Å². The van der Waals surface area contributed by atoms with Gasteiger partial charge in [0.15, 0.2) is 11.5 Å². The van der Waals surface area contributed by atoms with Crippen LogP contribution in [0.3, 0.4) is 0 Å². The number of ether oxygens (including phenoxy) is 2. The lowest BCUT2D eigenvalue weighted by Crippen LogP contribution is -2.26. The summed E-state index contributed by atoms with van der Waals surface area (Å²) in [5.74, 6) is 1.54. The molecule has 0 aromatic heterocycles. The van der Waals surface area contributed by atoms with E-state index < -0.39 is 0 Å². The highest BCUT2D eigenvalue weighted by Crippen LogP contribution is 2.30. The molecule has 1 amide bonds. The van der Waals surface area contributed by atoms with Crippen LogP contribution >= 0.6 is 0 Å². The largest absolute Gasteiger partial charge is 0.493 e. The first-order valence-electron chi connectivity index (χ1n) is 5.92. The zero-order valence-corrected chi connectivity index (χ0v) is 11.7. The Morgan fingerprint density at radius 3 is 2.28 bits per heavy atom. The molecule has 1 aromatic rings. The molecule has 0 heterocycles. The predicted molar refractivity (Wildman–Crippen MR) is 71.3 cm³/mol. The molecule has 0 saturated carbocycles. The topological polar surface area (TPSA) is 38.8 Å². The Bertz CT molecular complexity index is 429. The highest BCUT2D eigenvalue weighted by Gasteiger charge is 2.10. The molecule has 4 heteroatoms. The number of methoxy groups -OCH3 is 2. The minimum Gasteiger partial charge on any atom is -0.493 e. The van der Waals surface area contributed by atoms with Crippen molar-refractivity contribution in [1.29, 1.82) is 0 Å². The molecule has 0 spiro atoms. The zero-order chi connectivity index (χ0) is 13.7. The maximum Gasteiger partial charge on any atom is 0.219 e. The Labute approximate surface area is 108 Å². The number of amides is 1. The monoisotopic (exact) mass is 251 g/mol. The van der Waals surface area contributed by atoms with Crippen LogP contribution in [0.25, 0.3) is 0 Å². The van der Waals surface area contributed by atoms with E-state index in [4.69, 9.17) is 9.47 Å². The summed E-state index contributed by atoms with van der Waals surface area (Å²) in [5, 5.41) is 0. The maximum absolute atomic E-state index is 11.2. The van der Waals surface area contributed by atoms with Crippen molar-refractivity contribution in [3.8, 4) is 11.5 Å². The maximum atomic E-state index is 11.2. The Morgan fingerprint density at radius 1 is 1.22 bits per heavy atom. The predicted octanol–water partition coefficient (Wildman–Crippen LogP) is 2.03. The van der Waals surface area contributed by atoms with Crippen LogP contribution in [0, 0.1) is 6.92 Å². The number of hydrogen-bond acceptors (Lipinski definition) is 3. The number of likely N-dealkylation sites (N-methyl/N-ethyl adjacent to an activating group) is 1. The highest BCUT2D eigenvalue weighted by molar-refractivity contribution is 5.72. The van der Waals surface area contributed by atoms with Gasteiger partial charge in [-0.2, -0.15) is 0 Å². The smallest absolute Gasteiger partial charge is 0.219 e. The van der Waals surface area contributed by atoms with Gasteiger partial charge in [0.2, 0.25) is 5.91 Å². The first-order valence-corrected chi connectivity index (χ1v) is 5.92. The molecule has 0 N–H and O–H groups in total. The lowest BCUT2D eigenvalue weighted by molar-refractivity contribution is -0.127. The number of aryl methyl sites for hydroxylation is 1. The molecule has 0 bridgehead atoms. The van der Waals surface area contributed by atoms with E-state index in [2.05, 4.69) is 0 Å². The van der Waals surface area contributed by atoms with E-state index >= 15 is 0 Å². The van der Waals surface area contributed by atoms with Gasteiger partial charge in [-0.1, -0.05) is 0 Å². The minimum atomic E-state index is 0.0770.